The van der Waals surface area contributed by atoms with E-state index in [-0.39, 0.29) is 17.9 Å². The predicted octanol–water partition coefficient (Wildman–Crippen LogP) is 1.30. The van der Waals surface area contributed by atoms with Crippen LogP contribution in [0, 0.1) is 5.92 Å². The second-order valence-electron chi connectivity index (χ2n) is 5.62. The molecule has 2 unspecified atom stereocenters. The van der Waals surface area contributed by atoms with Crippen LogP contribution in [0.3, 0.4) is 0 Å². The van der Waals surface area contributed by atoms with Gasteiger partial charge in [-0.2, -0.15) is 0 Å². The second-order valence-corrected chi connectivity index (χ2v) is 5.62. The van der Waals surface area contributed by atoms with E-state index in [9.17, 15) is 4.79 Å². The number of amides is 1. The molecule has 4 nitrogen and oxygen atoms in total. The molecule has 1 aliphatic heterocycles. The number of nitrogens with zero attached hydrogens (tertiary/aromatic N) is 2. The van der Waals surface area contributed by atoms with Crippen LogP contribution in [0.4, 0.5) is 0 Å². The molecule has 1 amide bonds. The van der Waals surface area contributed by atoms with Gasteiger partial charge in [-0.05, 0) is 32.4 Å². The molecular weight excluding hydrogens is 226 g/mol. The molecule has 1 heterocycles. The highest BCUT2D eigenvalue weighted by Crippen LogP contribution is 2.16. The topological polar surface area (TPSA) is 49.6 Å². The highest BCUT2D eigenvalue weighted by Gasteiger charge is 2.31. The summed E-state index contributed by atoms with van der Waals surface area (Å²) >= 11 is 0. The van der Waals surface area contributed by atoms with E-state index in [1.807, 2.05) is 4.90 Å². The lowest BCUT2D eigenvalue weighted by Gasteiger charge is -2.33. The zero-order chi connectivity index (χ0) is 13.7. The van der Waals surface area contributed by atoms with Gasteiger partial charge in [0.05, 0.1) is 6.04 Å². The maximum atomic E-state index is 12.5. The van der Waals surface area contributed by atoms with Crippen molar-refractivity contribution in [3.63, 3.8) is 0 Å². The van der Waals surface area contributed by atoms with E-state index in [0.717, 1.165) is 38.9 Å². The van der Waals surface area contributed by atoms with Crippen LogP contribution >= 0.6 is 0 Å². The van der Waals surface area contributed by atoms with Crippen LogP contribution in [0.25, 0.3) is 0 Å². The number of nitrogens with two attached hydrogens (primary N) is 1. The normalized spacial score (nSPS) is 25.6. The van der Waals surface area contributed by atoms with Crippen LogP contribution in [0.1, 0.15) is 40.0 Å². The molecule has 3 atom stereocenters. The second kappa shape index (κ2) is 7.10. The zero-order valence-corrected chi connectivity index (χ0v) is 12.4. The lowest BCUT2D eigenvalue weighted by atomic mass is 9.98. The van der Waals surface area contributed by atoms with Crippen LogP contribution in [0.15, 0.2) is 0 Å². The lowest BCUT2D eigenvalue weighted by molar-refractivity contribution is -0.136. The average molecular weight is 255 g/mol. The Labute approximate surface area is 111 Å². The number of hydrogen-bond donors (Lipinski definition) is 1. The van der Waals surface area contributed by atoms with Crippen molar-refractivity contribution in [2.45, 2.75) is 52.1 Å². The predicted molar refractivity (Wildman–Crippen MR) is 75.3 cm³/mol. The number of carbonyl (C=O) groups excluding carboxylic acids is 1. The molecule has 0 aromatic heterocycles. The standard InChI is InChI=1S/C14H29N3O/c1-5-11(3)13(15)14(18)17-9-7-8-16(4)10-12(17)6-2/h11-13H,5-10,15H2,1-4H3/t11?,12?,13-/m0/s1. The Morgan fingerprint density at radius 2 is 2.06 bits per heavy atom. The van der Waals surface area contributed by atoms with Crippen molar-refractivity contribution in [1.29, 1.82) is 0 Å². The molecule has 18 heavy (non-hydrogen) atoms. The van der Waals surface area contributed by atoms with Crippen LogP contribution in [-0.2, 0) is 4.79 Å². The number of rotatable bonds is 4. The Morgan fingerprint density at radius 1 is 1.39 bits per heavy atom. The minimum atomic E-state index is -0.340. The van der Waals surface area contributed by atoms with Crippen molar-refractivity contribution >= 4 is 5.91 Å². The Kier molecular flexibility index (Phi) is 6.09. The minimum absolute atomic E-state index is 0.145. The summed E-state index contributed by atoms with van der Waals surface area (Å²) in [6.45, 7) is 9.19. The molecule has 0 aromatic carbocycles. The van der Waals surface area contributed by atoms with E-state index in [0.29, 0.717) is 6.04 Å². The van der Waals surface area contributed by atoms with Gasteiger partial charge in [-0.1, -0.05) is 27.2 Å². The van der Waals surface area contributed by atoms with Crippen molar-refractivity contribution in [2.75, 3.05) is 26.7 Å². The first-order chi connectivity index (χ1) is 8.51. The van der Waals surface area contributed by atoms with Gasteiger partial charge in [0, 0.05) is 19.1 Å². The van der Waals surface area contributed by atoms with Crippen LogP contribution in [0.2, 0.25) is 0 Å². The fourth-order valence-electron chi connectivity index (χ4n) is 2.57. The first kappa shape index (κ1) is 15.4. The van der Waals surface area contributed by atoms with Gasteiger partial charge in [0.15, 0.2) is 0 Å². The Morgan fingerprint density at radius 3 is 2.61 bits per heavy atom. The molecule has 1 rings (SSSR count). The highest BCUT2D eigenvalue weighted by molar-refractivity contribution is 5.82. The molecule has 0 aliphatic carbocycles. The maximum absolute atomic E-state index is 12.5. The molecule has 0 saturated carbocycles. The van der Waals surface area contributed by atoms with Crippen molar-refractivity contribution in [3.05, 3.63) is 0 Å². The molecule has 2 N–H and O–H groups in total. The van der Waals surface area contributed by atoms with Gasteiger partial charge in [0.25, 0.3) is 0 Å². The van der Waals surface area contributed by atoms with Crippen molar-refractivity contribution in [2.24, 2.45) is 11.7 Å². The van der Waals surface area contributed by atoms with Crippen molar-refractivity contribution in [3.8, 4) is 0 Å². The molecule has 1 saturated heterocycles. The van der Waals surface area contributed by atoms with Gasteiger partial charge >= 0.3 is 0 Å². The van der Waals surface area contributed by atoms with Crippen molar-refractivity contribution in [1.82, 2.24) is 9.80 Å². The summed E-state index contributed by atoms with van der Waals surface area (Å²) in [6, 6.07) is -0.0208. The Bertz CT molecular complexity index is 270. The van der Waals surface area contributed by atoms with Gasteiger partial charge in [-0.15, -0.1) is 0 Å². The highest BCUT2D eigenvalue weighted by atomic mass is 16.2. The summed E-state index contributed by atoms with van der Waals surface area (Å²) in [5.41, 5.74) is 6.10. The van der Waals surface area contributed by atoms with E-state index < -0.39 is 0 Å². The van der Waals surface area contributed by atoms with Gasteiger partial charge < -0.3 is 15.5 Å². The molecule has 106 valence electrons. The molecule has 0 aromatic rings. The third-order valence-electron chi connectivity index (χ3n) is 4.20. The molecule has 0 bridgehead atoms. The maximum Gasteiger partial charge on any atom is 0.240 e. The Hall–Kier alpha value is -0.610. The van der Waals surface area contributed by atoms with E-state index in [1.54, 1.807) is 0 Å². The first-order valence-electron chi connectivity index (χ1n) is 7.25. The van der Waals surface area contributed by atoms with Gasteiger partial charge in [-0.25, -0.2) is 0 Å². The summed E-state index contributed by atoms with van der Waals surface area (Å²) in [5.74, 6) is 0.405. The third-order valence-corrected chi connectivity index (χ3v) is 4.20. The molecule has 1 aliphatic rings. The quantitative estimate of drug-likeness (QED) is 0.824. The number of carbonyl (C=O) groups is 1. The zero-order valence-electron chi connectivity index (χ0n) is 12.4. The molecule has 4 heteroatoms. The fourth-order valence-corrected chi connectivity index (χ4v) is 2.57. The summed E-state index contributed by atoms with van der Waals surface area (Å²) in [6.07, 6.45) is 3.01. The summed E-state index contributed by atoms with van der Waals surface area (Å²) in [7, 11) is 2.13. The van der Waals surface area contributed by atoms with Crippen LogP contribution in [0.5, 0.6) is 0 Å². The monoisotopic (exact) mass is 255 g/mol. The largest absolute Gasteiger partial charge is 0.337 e. The summed E-state index contributed by atoms with van der Waals surface area (Å²) in [4.78, 5) is 16.9. The summed E-state index contributed by atoms with van der Waals surface area (Å²) < 4.78 is 0. The van der Waals surface area contributed by atoms with E-state index >= 15 is 0 Å². The smallest absolute Gasteiger partial charge is 0.240 e. The SMILES string of the molecule is CCC(C)[C@H](N)C(=O)N1CCCN(C)CC1CC. The van der Waals surface area contributed by atoms with Crippen LogP contribution in [-0.4, -0.2) is 54.5 Å². The first-order valence-corrected chi connectivity index (χ1v) is 7.25. The third kappa shape index (κ3) is 3.69. The summed E-state index contributed by atoms with van der Waals surface area (Å²) in [5, 5.41) is 0. The van der Waals surface area contributed by atoms with E-state index in [1.165, 1.54) is 0 Å². The fraction of sp³-hybridized carbons (Fsp3) is 0.929. The molecule has 0 spiro atoms. The molecule has 0 radical (unpaired) electrons. The minimum Gasteiger partial charge on any atom is -0.337 e. The van der Waals surface area contributed by atoms with Crippen molar-refractivity contribution < 1.29 is 4.79 Å². The van der Waals surface area contributed by atoms with E-state index in [2.05, 4.69) is 32.7 Å². The van der Waals surface area contributed by atoms with Gasteiger partial charge in [0.1, 0.15) is 0 Å². The lowest BCUT2D eigenvalue weighted by Crippen LogP contribution is -2.52. The van der Waals surface area contributed by atoms with Crippen LogP contribution < -0.4 is 5.73 Å². The number of hydrogen-bond acceptors (Lipinski definition) is 3. The average Bonchev–Trinajstić information content (AvgIpc) is 2.57. The Balaban J connectivity index is 2.74. The van der Waals surface area contributed by atoms with E-state index in [4.69, 9.17) is 5.73 Å². The molecule has 1 fully saturated rings. The van der Waals surface area contributed by atoms with Gasteiger partial charge in [0.2, 0.25) is 5.91 Å². The van der Waals surface area contributed by atoms with Gasteiger partial charge in [-0.3, -0.25) is 4.79 Å². The number of likely N-dealkylation sites (N-methyl/N-ethyl adjacent to an activating group) is 1. The molecular formula is C14H29N3O.